The number of nitrogens with zero attached hydrogens (tertiary/aromatic N) is 4. The van der Waals surface area contributed by atoms with Gasteiger partial charge in [0, 0.05) is 49.0 Å². The molecular formula is C22H22Cl2FN5S. The van der Waals surface area contributed by atoms with Crippen LogP contribution >= 0.6 is 35.4 Å². The largest absolute Gasteiger partial charge is 0.346 e. The van der Waals surface area contributed by atoms with Gasteiger partial charge in [0.2, 0.25) is 0 Å². The number of benzene rings is 2. The predicted octanol–water partition coefficient (Wildman–Crippen LogP) is 4.89. The van der Waals surface area contributed by atoms with E-state index in [2.05, 4.69) is 20.2 Å². The zero-order valence-electron chi connectivity index (χ0n) is 16.8. The van der Waals surface area contributed by atoms with Gasteiger partial charge in [-0.15, -0.1) is 0 Å². The van der Waals surface area contributed by atoms with Crippen molar-refractivity contribution in [3.8, 4) is 0 Å². The van der Waals surface area contributed by atoms with Crippen LogP contribution in [0.1, 0.15) is 11.1 Å². The molecule has 3 aromatic rings. The van der Waals surface area contributed by atoms with E-state index < -0.39 is 0 Å². The molecule has 0 atom stereocenters. The fourth-order valence-electron chi connectivity index (χ4n) is 3.52. The Morgan fingerprint density at radius 3 is 2.48 bits per heavy atom. The monoisotopic (exact) mass is 477 g/mol. The minimum atomic E-state index is -0.315. The van der Waals surface area contributed by atoms with Crippen LogP contribution in [0.15, 0.2) is 54.9 Å². The molecule has 4 rings (SSSR count). The zero-order valence-corrected chi connectivity index (χ0v) is 19.1. The van der Waals surface area contributed by atoms with E-state index in [0.717, 1.165) is 48.0 Å². The molecule has 0 unspecified atom stereocenters. The highest BCUT2D eigenvalue weighted by molar-refractivity contribution is 7.80. The molecule has 0 bridgehead atoms. The average Bonchev–Trinajstić information content (AvgIpc) is 3.19. The van der Waals surface area contributed by atoms with Crippen molar-refractivity contribution in [3.05, 3.63) is 81.8 Å². The topological polar surface area (TPSA) is 36.3 Å². The first-order valence-corrected chi connectivity index (χ1v) is 11.1. The van der Waals surface area contributed by atoms with Crippen LogP contribution in [0.4, 0.5) is 10.1 Å². The van der Waals surface area contributed by atoms with Crippen molar-refractivity contribution in [1.82, 2.24) is 19.6 Å². The number of nitrogens with one attached hydrogen (secondary N) is 1. The van der Waals surface area contributed by atoms with E-state index in [1.54, 1.807) is 12.3 Å². The van der Waals surface area contributed by atoms with Gasteiger partial charge in [0.05, 0.1) is 18.4 Å². The van der Waals surface area contributed by atoms with E-state index >= 15 is 0 Å². The normalized spacial score (nSPS) is 14.6. The van der Waals surface area contributed by atoms with Crippen molar-refractivity contribution >= 4 is 46.2 Å². The van der Waals surface area contributed by atoms with Crippen molar-refractivity contribution in [3.63, 3.8) is 0 Å². The van der Waals surface area contributed by atoms with Gasteiger partial charge >= 0.3 is 0 Å². The van der Waals surface area contributed by atoms with Crippen molar-refractivity contribution in [1.29, 1.82) is 0 Å². The number of rotatable bonds is 5. The summed E-state index contributed by atoms with van der Waals surface area (Å²) in [7, 11) is 0. The molecule has 0 saturated carbocycles. The first-order chi connectivity index (χ1) is 15.0. The highest BCUT2D eigenvalue weighted by Crippen LogP contribution is 2.20. The van der Waals surface area contributed by atoms with Crippen molar-refractivity contribution < 1.29 is 4.39 Å². The van der Waals surface area contributed by atoms with E-state index in [0.29, 0.717) is 23.2 Å². The van der Waals surface area contributed by atoms with Gasteiger partial charge in [-0.25, -0.2) is 4.39 Å². The van der Waals surface area contributed by atoms with E-state index in [4.69, 9.17) is 35.4 Å². The maximum Gasteiger partial charge on any atom is 0.173 e. The van der Waals surface area contributed by atoms with E-state index in [-0.39, 0.29) is 5.82 Å². The second-order valence-electron chi connectivity index (χ2n) is 7.45. The summed E-state index contributed by atoms with van der Waals surface area (Å²) in [5.74, 6) is -0.315. The predicted molar refractivity (Wildman–Crippen MR) is 127 cm³/mol. The lowest BCUT2D eigenvalue weighted by molar-refractivity contribution is 0.177. The quantitative estimate of drug-likeness (QED) is 0.529. The summed E-state index contributed by atoms with van der Waals surface area (Å²) in [6.45, 7) is 4.60. The molecular weight excluding hydrogens is 456 g/mol. The third-order valence-electron chi connectivity index (χ3n) is 5.24. The van der Waals surface area contributed by atoms with E-state index in [1.165, 1.54) is 12.1 Å². The van der Waals surface area contributed by atoms with Gasteiger partial charge in [0.25, 0.3) is 0 Å². The number of thiocarbonyl (C=S) groups is 1. The fraction of sp³-hybridized carbons (Fsp3) is 0.273. The van der Waals surface area contributed by atoms with Crippen molar-refractivity contribution in [2.45, 2.75) is 13.1 Å². The number of hydrogen-bond donors (Lipinski definition) is 1. The molecule has 2 heterocycles. The Kier molecular flexibility index (Phi) is 7.07. The van der Waals surface area contributed by atoms with Gasteiger partial charge in [-0.1, -0.05) is 47.5 Å². The molecule has 0 radical (unpaired) electrons. The molecule has 1 aliphatic rings. The average molecular weight is 478 g/mol. The molecule has 1 aliphatic heterocycles. The molecule has 1 N–H and O–H groups in total. The number of piperazine rings is 1. The van der Waals surface area contributed by atoms with Crippen LogP contribution in [-0.2, 0) is 13.1 Å². The second-order valence-corrected chi connectivity index (χ2v) is 8.65. The lowest BCUT2D eigenvalue weighted by Gasteiger charge is -2.36. The van der Waals surface area contributed by atoms with Gasteiger partial charge < -0.3 is 10.2 Å². The Labute approximate surface area is 196 Å². The third-order valence-corrected chi connectivity index (χ3v) is 6.32. The Bertz CT molecular complexity index is 1070. The molecule has 0 aliphatic carbocycles. The summed E-state index contributed by atoms with van der Waals surface area (Å²) in [5.41, 5.74) is 2.79. The molecule has 31 heavy (non-hydrogen) atoms. The summed E-state index contributed by atoms with van der Waals surface area (Å²) in [5, 5.41) is 9.53. The highest BCUT2D eigenvalue weighted by atomic mass is 35.5. The van der Waals surface area contributed by atoms with Crippen LogP contribution < -0.4 is 5.32 Å². The summed E-state index contributed by atoms with van der Waals surface area (Å²) in [6.07, 6.45) is 3.68. The van der Waals surface area contributed by atoms with Crippen LogP contribution in [0, 0.1) is 5.82 Å². The Hall–Kier alpha value is -2.19. The van der Waals surface area contributed by atoms with Crippen LogP contribution in [0.2, 0.25) is 10.0 Å². The lowest BCUT2D eigenvalue weighted by Crippen LogP contribution is -2.49. The van der Waals surface area contributed by atoms with E-state index in [9.17, 15) is 4.39 Å². The van der Waals surface area contributed by atoms with Gasteiger partial charge in [-0.2, -0.15) is 5.10 Å². The third kappa shape index (κ3) is 5.74. The zero-order chi connectivity index (χ0) is 21.8. The molecule has 1 fully saturated rings. The SMILES string of the molecule is Fc1ccc(CN2CCN(C(=S)Nc3cnn(Cc4ccccc4Cl)c3)CC2)c(Cl)c1. The van der Waals surface area contributed by atoms with Crippen LogP contribution in [0.3, 0.4) is 0 Å². The number of hydrogen-bond acceptors (Lipinski definition) is 3. The Morgan fingerprint density at radius 1 is 1.00 bits per heavy atom. The first-order valence-electron chi connectivity index (χ1n) is 9.96. The van der Waals surface area contributed by atoms with Crippen LogP contribution in [0.5, 0.6) is 0 Å². The fourth-order valence-corrected chi connectivity index (χ4v) is 4.24. The van der Waals surface area contributed by atoms with Crippen molar-refractivity contribution in [2.24, 2.45) is 0 Å². The minimum Gasteiger partial charge on any atom is -0.346 e. The summed E-state index contributed by atoms with van der Waals surface area (Å²) >= 11 is 18.0. The Balaban J connectivity index is 1.27. The molecule has 1 saturated heterocycles. The number of anilines is 1. The lowest BCUT2D eigenvalue weighted by atomic mass is 10.2. The maximum atomic E-state index is 13.2. The summed E-state index contributed by atoms with van der Waals surface area (Å²) < 4.78 is 15.1. The van der Waals surface area contributed by atoms with Gasteiger partial charge in [-0.3, -0.25) is 9.58 Å². The second kappa shape index (κ2) is 9.96. The Morgan fingerprint density at radius 2 is 1.74 bits per heavy atom. The summed E-state index contributed by atoms with van der Waals surface area (Å²) in [4.78, 5) is 4.43. The number of aromatic nitrogens is 2. The minimum absolute atomic E-state index is 0.315. The molecule has 5 nitrogen and oxygen atoms in total. The van der Waals surface area contributed by atoms with E-state index in [1.807, 2.05) is 35.1 Å². The van der Waals surface area contributed by atoms with Crippen LogP contribution in [0.25, 0.3) is 0 Å². The maximum absolute atomic E-state index is 13.2. The molecule has 1 aromatic heterocycles. The summed E-state index contributed by atoms with van der Waals surface area (Å²) in [6, 6.07) is 12.3. The van der Waals surface area contributed by atoms with Gasteiger partial charge in [0.15, 0.2) is 5.11 Å². The molecule has 2 aromatic carbocycles. The molecule has 0 amide bonds. The van der Waals surface area contributed by atoms with Gasteiger partial charge in [-0.05, 0) is 41.5 Å². The molecule has 0 spiro atoms. The van der Waals surface area contributed by atoms with Crippen molar-refractivity contribution in [2.75, 3.05) is 31.5 Å². The van der Waals surface area contributed by atoms with Gasteiger partial charge in [0.1, 0.15) is 5.82 Å². The highest BCUT2D eigenvalue weighted by Gasteiger charge is 2.20. The smallest absolute Gasteiger partial charge is 0.173 e. The first kappa shape index (κ1) is 22.0. The molecule has 162 valence electrons. The van der Waals surface area contributed by atoms with Crippen LogP contribution in [-0.4, -0.2) is 50.9 Å². The number of halogens is 3. The standard InChI is InChI=1S/C22H22Cl2FN5S/c23-20-4-2-1-3-16(20)14-30-15-19(12-26-30)27-22(31)29-9-7-28(8-10-29)13-17-5-6-18(25)11-21(17)24/h1-6,11-12,15H,7-10,13-14H2,(H,27,31). The molecule has 9 heteroatoms.